The zero-order valence-corrected chi connectivity index (χ0v) is 10.4. The lowest BCUT2D eigenvalue weighted by Gasteiger charge is -2.38. The summed E-state index contributed by atoms with van der Waals surface area (Å²) in [7, 11) is 0. The Labute approximate surface area is 104 Å². The zero-order chi connectivity index (χ0) is 11.2. The van der Waals surface area contributed by atoms with Gasteiger partial charge in [-0.05, 0) is 55.6 Å². The number of fused-ring (bicyclic) bond motifs is 3. The summed E-state index contributed by atoms with van der Waals surface area (Å²) in [5.74, 6) is 1.73. The summed E-state index contributed by atoms with van der Waals surface area (Å²) >= 11 is 0. The van der Waals surface area contributed by atoms with Gasteiger partial charge < -0.3 is 0 Å². The SMILES string of the molecule is C1=CC2=C(C1)C1CCC3CCCCC3=C1C=C2. The van der Waals surface area contributed by atoms with Gasteiger partial charge in [-0.1, -0.05) is 41.9 Å². The minimum Gasteiger partial charge on any atom is -0.0798 e. The van der Waals surface area contributed by atoms with Crippen molar-refractivity contribution in [1.29, 1.82) is 0 Å². The highest BCUT2D eigenvalue weighted by Crippen LogP contribution is 2.48. The molecule has 1 saturated carbocycles. The fraction of sp³-hybridized carbons (Fsp3) is 0.529. The van der Waals surface area contributed by atoms with Crippen molar-refractivity contribution in [2.75, 3.05) is 0 Å². The Bertz CT molecular complexity index is 470. The van der Waals surface area contributed by atoms with Gasteiger partial charge in [-0.25, -0.2) is 0 Å². The molecule has 0 radical (unpaired) electrons. The van der Waals surface area contributed by atoms with E-state index in [1.807, 2.05) is 5.57 Å². The molecule has 0 aromatic rings. The smallest absolute Gasteiger partial charge is 0.00601 e. The van der Waals surface area contributed by atoms with Gasteiger partial charge in [-0.15, -0.1) is 0 Å². The van der Waals surface area contributed by atoms with E-state index in [1.165, 1.54) is 50.5 Å². The molecule has 0 aromatic carbocycles. The van der Waals surface area contributed by atoms with Crippen molar-refractivity contribution >= 4 is 0 Å². The maximum Gasteiger partial charge on any atom is 0.00601 e. The Hall–Kier alpha value is -1.04. The molecule has 4 aliphatic carbocycles. The standard InChI is InChI=1S/C17H20/c1-2-6-14-12(4-1)8-10-17-15-7-3-5-13(15)9-11-16(14)17/h3,5,9,11-12,17H,1-2,4,6-8,10H2. The highest BCUT2D eigenvalue weighted by molar-refractivity contribution is 5.54. The largest absolute Gasteiger partial charge is 0.0798 e. The third kappa shape index (κ3) is 1.43. The van der Waals surface area contributed by atoms with Gasteiger partial charge in [0.05, 0.1) is 0 Å². The molecule has 0 nitrogen and oxygen atoms in total. The summed E-state index contributed by atoms with van der Waals surface area (Å²) in [5, 5.41) is 0. The first-order valence-corrected chi connectivity index (χ1v) is 7.24. The van der Waals surface area contributed by atoms with Crippen molar-refractivity contribution < 1.29 is 0 Å². The van der Waals surface area contributed by atoms with E-state index in [9.17, 15) is 0 Å². The minimum absolute atomic E-state index is 0.786. The van der Waals surface area contributed by atoms with Crippen LogP contribution in [0.25, 0.3) is 0 Å². The molecule has 0 amide bonds. The molecule has 0 N–H and O–H groups in total. The third-order valence-electron chi connectivity index (χ3n) is 5.16. The predicted octanol–water partition coefficient (Wildman–Crippen LogP) is 4.71. The molecule has 1 fully saturated rings. The van der Waals surface area contributed by atoms with Gasteiger partial charge in [0.1, 0.15) is 0 Å². The molecule has 0 heteroatoms. The van der Waals surface area contributed by atoms with Crippen molar-refractivity contribution in [2.45, 2.75) is 44.9 Å². The molecule has 0 heterocycles. The Morgan fingerprint density at radius 2 is 1.88 bits per heavy atom. The van der Waals surface area contributed by atoms with Crippen molar-refractivity contribution in [2.24, 2.45) is 11.8 Å². The van der Waals surface area contributed by atoms with Crippen molar-refractivity contribution in [3.8, 4) is 0 Å². The van der Waals surface area contributed by atoms with Gasteiger partial charge in [-0.2, -0.15) is 0 Å². The summed E-state index contributed by atoms with van der Waals surface area (Å²) in [6.07, 6.45) is 19.3. The lowest BCUT2D eigenvalue weighted by Crippen LogP contribution is -2.24. The van der Waals surface area contributed by atoms with E-state index >= 15 is 0 Å². The maximum absolute atomic E-state index is 2.45. The molecular weight excluding hydrogens is 204 g/mol. The highest BCUT2D eigenvalue weighted by Gasteiger charge is 2.34. The number of allylic oxidation sites excluding steroid dienone is 8. The molecule has 0 aliphatic heterocycles. The summed E-state index contributed by atoms with van der Waals surface area (Å²) in [5.41, 5.74) is 6.80. The predicted molar refractivity (Wildman–Crippen MR) is 71.6 cm³/mol. The summed E-state index contributed by atoms with van der Waals surface area (Å²) in [6, 6.07) is 0. The van der Waals surface area contributed by atoms with E-state index < -0.39 is 0 Å². The first-order chi connectivity index (χ1) is 8.43. The topological polar surface area (TPSA) is 0 Å². The van der Waals surface area contributed by atoms with E-state index in [2.05, 4.69) is 24.3 Å². The number of hydrogen-bond acceptors (Lipinski definition) is 0. The van der Waals surface area contributed by atoms with Crippen LogP contribution < -0.4 is 0 Å². The second-order valence-corrected chi connectivity index (χ2v) is 5.97. The number of rotatable bonds is 0. The van der Waals surface area contributed by atoms with Gasteiger partial charge in [-0.3, -0.25) is 0 Å². The molecule has 2 atom stereocenters. The Morgan fingerprint density at radius 1 is 0.882 bits per heavy atom. The van der Waals surface area contributed by atoms with Gasteiger partial charge in [0.15, 0.2) is 0 Å². The van der Waals surface area contributed by atoms with Crippen LogP contribution >= 0.6 is 0 Å². The van der Waals surface area contributed by atoms with Crippen LogP contribution in [-0.2, 0) is 0 Å². The minimum atomic E-state index is 0.786. The second-order valence-electron chi connectivity index (χ2n) is 5.97. The summed E-state index contributed by atoms with van der Waals surface area (Å²) in [4.78, 5) is 0. The van der Waals surface area contributed by atoms with E-state index in [-0.39, 0.29) is 0 Å². The molecule has 2 unspecified atom stereocenters. The van der Waals surface area contributed by atoms with Gasteiger partial charge in [0.25, 0.3) is 0 Å². The average Bonchev–Trinajstić information content (AvgIpc) is 2.86. The molecule has 0 spiro atoms. The Morgan fingerprint density at radius 3 is 2.88 bits per heavy atom. The van der Waals surface area contributed by atoms with Gasteiger partial charge >= 0.3 is 0 Å². The summed E-state index contributed by atoms with van der Waals surface area (Å²) in [6.45, 7) is 0. The molecule has 17 heavy (non-hydrogen) atoms. The average molecular weight is 224 g/mol. The molecule has 4 rings (SSSR count). The van der Waals surface area contributed by atoms with Gasteiger partial charge in [0, 0.05) is 5.92 Å². The van der Waals surface area contributed by atoms with Crippen LogP contribution in [-0.4, -0.2) is 0 Å². The van der Waals surface area contributed by atoms with Crippen molar-refractivity contribution in [3.05, 3.63) is 46.6 Å². The first-order valence-electron chi connectivity index (χ1n) is 7.24. The highest BCUT2D eigenvalue weighted by atomic mass is 14.4. The first kappa shape index (κ1) is 9.94. The van der Waals surface area contributed by atoms with E-state index in [0.29, 0.717) is 0 Å². The van der Waals surface area contributed by atoms with Crippen LogP contribution in [0.1, 0.15) is 44.9 Å². The third-order valence-corrected chi connectivity index (χ3v) is 5.16. The fourth-order valence-electron chi connectivity index (χ4n) is 4.34. The normalized spacial score (nSPS) is 34.8. The monoisotopic (exact) mass is 224 g/mol. The van der Waals surface area contributed by atoms with Crippen molar-refractivity contribution in [1.82, 2.24) is 0 Å². The van der Waals surface area contributed by atoms with Crippen LogP contribution in [0.15, 0.2) is 46.6 Å². The quantitative estimate of drug-likeness (QED) is 0.559. The molecule has 0 aromatic heterocycles. The van der Waals surface area contributed by atoms with Gasteiger partial charge in [0.2, 0.25) is 0 Å². The van der Waals surface area contributed by atoms with Crippen LogP contribution in [0.5, 0.6) is 0 Å². The van der Waals surface area contributed by atoms with Crippen LogP contribution in [0.4, 0.5) is 0 Å². The van der Waals surface area contributed by atoms with E-state index in [0.717, 1.165) is 11.8 Å². The Kier molecular flexibility index (Phi) is 2.18. The van der Waals surface area contributed by atoms with Crippen molar-refractivity contribution in [3.63, 3.8) is 0 Å². The maximum atomic E-state index is 2.45. The summed E-state index contributed by atoms with van der Waals surface area (Å²) < 4.78 is 0. The molecular formula is C17H20. The lowest BCUT2D eigenvalue weighted by molar-refractivity contribution is 0.367. The molecule has 4 aliphatic rings. The van der Waals surface area contributed by atoms with Crippen LogP contribution in [0.2, 0.25) is 0 Å². The Balaban J connectivity index is 1.78. The molecule has 88 valence electrons. The molecule has 0 saturated heterocycles. The zero-order valence-electron chi connectivity index (χ0n) is 10.4. The second kappa shape index (κ2) is 3.73. The van der Waals surface area contributed by atoms with E-state index in [1.54, 1.807) is 11.1 Å². The lowest BCUT2D eigenvalue weighted by atomic mass is 9.67. The molecule has 0 bridgehead atoms. The fourth-order valence-corrected chi connectivity index (χ4v) is 4.34. The van der Waals surface area contributed by atoms with Crippen LogP contribution in [0, 0.1) is 11.8 Å². The number of hydrogen-bond donors (Lipinski definition) is 0. The van der Waals surface area contributed by atoms with Crippen LogP contribution in [0.3, 0.4) is 0 Å². The van der Waals surface area contributed by atoms with E-state index in [4.69, 9.17) is 0 Å².